The van der Waals surface area contributed by atoms with Crippen molar-refractivity contribution >= 4 is 17.5 Å². The van der Waals surface area contributed by atoms with Crippen molar-refractivity contribution in [3.8, 4) is 5.75 Å². The second-order valence-electron chi connectivity index (χ2n) is 7.61. The van der Waals surface area contributed by atoms with Gasteiger partial charge in [0.05, 0.1) is 13.2 Å². The largest absolute Gasteiger partial charge is 0.469 e. The number of carbonyl (C=O) groups excluding carboxylic acids is 3. The van der Waals surface area contributed by atoms with E-state index in [1.54, 1.807) is 6.07 Å². The lowest BCUT2D eigenvalue weighted by Crippen LogP contribution is -2.34. The number of carbonyl (C=O) groups is 3. The van der Waals surface area contributed by atoms with Gasteiger partial charge in [0.25, 0.3) is 5.78 Å². The van der Waals surface area contributed by atoms with Crippen molar-refractivity contribution in [2.45, 2.75) is 57.2 Å². The van der Waals surface area contributed by atoms with Gasteiger partial charge < -0.3 is 14.6 Å². The number of unbranched alkanes of at least 4 members (excludes halogenated alkanes) is 3. The number of halogens is 2. The summed E-state index contributed by atoms with van der Waals surface area (Å²) in [6, 6.07) is 7.26. The summed E-state index contributed by atoms with van der Waals surface area (Å²) in [5.74, 6) is -3.32. The Bertz CT molecular complexity index is 778. The fraction of sp³-hybridized carbons (Fsp3) is 0.522. The standard InChI is InChI=1S/C23H28F2O6/c1-30-22(29)12-8-3-2-7-11-17-18(20(27)15-19(17)26)13-14-21(28)23(24,25)31-16-9-5-4-6-10-16/h4-6,9-10,13-14,17-18,20,27H,2-3,7-8,11-12,15H2,1H3/b14-13+/t17-,18-,20-/m1/s1. The summed E-state index contributed by atoms with van der Waals surface area (Å²) in [5.41, 5.74) is 0. The number of ketones is 2. The molecule has 3 atom stereocenters. The first-order valence-corrected chi connectivity index (χ1v) is 10.4. The summed E-state index contributed by atoms with van der Waals surface area (Å²) in [6.45, 7) is 0. The minimum atomic E-state index is -4.06. The van der Waals surface area contributed by atoms with Gasteiger partial charge in [0.1, 0.15) is 11.5 Å². The first-order valence-electron chi connectivity index (χ1n) is 10.4. The number of ether oxygens (including phenoxy) is 2. The van der Waals surface area contributed by atoms with E-state index in [4.69, 9.17) is 0 Å². The molecule has 0 bridgehead atoms. The van der Waals surface area contributed by atoms with Crippen molar-refractivity contribution in [2.75, 3.05) is 7.11 Å². The smallest absolute Gasteiger partial charge is 0.465 e. The number of para-hydroxylation sites is 1. The van der Waals surface area contributed by atoms with Crippen LogP contribution >= 0.6 is 0 Å². The van der Waals surface area contributed by atoms with E-state index in [-0.39, 0.29) is 23.9 Å². The first kappa shape index (κ1) is 24.7. The number of methoxy groups -OCH3 is 1. The van der Waals surface area contributed by atoms with Crippen molar-refractivity contribution in [1.82, 2.24) is 0 Å². The molecule has 0 spiro atoms. The molecule has 0 radical (unpaired) electrons. The van der Waals surface area contributed by atoms with Crippen LogP contribution in [0.1, 0.15) is 44.9 Å². The highest BCUT2D eigenvalue weighted by Crippen LogP contribution is 2.34. The maximum absolute atomic E-state index is 14.1. The lowest BCUT2D eigenvalue weighted by Gasteiger charge is -2.18. The highest BCUT2D eigenvalue weighted by molar-refractivity contribution is 5.95. The van der Waals surface area contributed by atoms with Crippen LogP contribution < -0.4 is 4.74 Å². The Morgan fingerprint density at radius 3 is 2.52 bits per heavy atom. The number of hydrogen-bond acceptors (Lipinski definition) is 6. The van der Waals surface area contributed by atoms with Crippen LogP contribution in [0.3, 0.4) is 0 Å². The van der Waals surface area contributed by atoms with Crippen LogP contribution in [0.25, 0.3) is 0 Å². The maximum Gasteiger partial charge on any atom is 0.465 e. The van der Waals surface area contributed by atoms with Crippen molar-refractivity contribution in [3.05, 3.63) is 42.5 Å². The molecule has 0 aromatic heterocycles. The predicted molar refractivity (Wildman–Crippen MR) is 108 cm³/mol. The van der Waals surface area contributed by atoms with E-state index in [2.05, 4.69) is 9.47 Å². The molecule has 8 heteroatoms. The number of Topliss-reactive ketones (excluding diaryl/α,β-unsaturated/α-hetero) is 1. The maximum atomic E-state index is 14.1. The van der Waals surface area contributed by atoms with Gasteiger partial charge in [0.2, 0.25) is 0 Å². The average molecular weight is 438 g/mol. The van der Waals surface area contributed by atoms with Gasteiger partial charge in [-0.25, -0.2) is 0 Å². The van der Waals surface area contributed by atoms with Crippen molar-refractivity contribution in [2.24, 2.45) is 11.8 Å². The Morgan fingerprint density at radius 2 is 1.84 bits per heavy atom. The van der Waals surface area contributed by atoms with Crippen molar-refractivity contribution < 1.29 is 37.7 Å². The monoisotopic (exact) mass is 438 g/mol. The Kier molecular flexibility index (Phi) is 9.30. The molecule has 31 heavy (non-hydrogen) atoms. The van der Waals surface area contributed by atoms with Gasteiger partial charge in [-0.15, -0.1) is 0 Å². The van der Waals surface area contributed by atoms with Crippen LogP contribution in [0.15, 0.2) is 42.5 Å². The highest BCUT2D eigenvalue weighted by atomic mass is 19.3. The van der Waals surface area contributed by atoms with E-state index in [9.17, 15) is 28.3 Å². The molecule has 170 valence electrons. The molecule has 1 aromatic rings. The van der Waals surface area contributed by atoms with E-state index in [1.807, 2.05) is 0 Å². The molecule has 0 unspecified atom stereocenters. The SMILES string of the molecule is COC(=O)CCCCCC[C@H]1C(=O)C[C@@H](O)[C@@H]1/C=C/C(=O)C(F)(F)Oc1ccccc1. The van der Waals surface area contributed by atoms with E-state index < -0.39 is 29.8 Å². The molecule has 0 heterocycles. The van der Waals surface area contributed by atoms with Crippen molar-refractivity contribution in [3.63, 3.8) is 0 Å². The van der Waals surface area contributed by atoms with Crippen LogP contribution in [-0.2, 0) is 19.1 Å². The molecule has 1 aliphatic carbocycles. The molecule has 0 amide bonds. The molecule has 1 fully saturated rings. The molecular formula is C23H28F2O6. The number of alkyl halides is 2. The third kappa shape index (κ3) is 7.54. The van der Waals surface area contributed by atoms with Gasteiger partial charge in [-0.05, 0) is 31.1 Å². The number of aliphatic hydroxyl groups excluding tert-OH is 1. The van der Waals surface area contributed by atoms with Gasteiger partial charge in [-0.2, -0.15) is 8.78 Å². The Morgan fingerprint density at radius 1 is 1.16 bits per heavy atom. The molecule has 1 N–H and O–H groups in total. The van der Waals surface area contributed by atoms with Crippen molar-refractivity contribution in [1.29, 1.82) is 0 Å². The predicted octanol–water partition coefficient (Wildman–Crippen LogP) is 3.86. The zero-order chi connectivity index (χ0) is 22.9. The summed E-state index contributed by atoms with van der Waals surface area (Å²) < 4.78 is 37.2. The summed E-state index contributed by atoms with van der Waals surface area (Å²) in [7, 11) is 1.33. The average Bonchev–Trinajstić information content (AvgIpc) is 3.01. The summed E-state index contributed by atoms with van der Waals surface area (Å²) in [4.78, 5) is 35.3. The molecule has 1 saturated carbocycles. The van der Waals surface area contributed by atoms with Gasteiger partial charge in [-0.1, -0.05) is 43.5 Å². The quantitative estimate of drug-likeness (QED) is 0.303. The van der Waals surface area contributed by atoms with E-state index >= 15 is 0 Å². The molecule has 6 nitrogen and oxygen atoms in total. The van der Waals surface area contributed by atoms with Gasteiger partial charge in [-0.3, -0.25) is 14.4 Å². The van der Waals surface area contributed by atoms with Gasteiger partial charge >= 0.3 is 12.1 Å². The molecule has 0 aliphatic heterocycles. The fourth-order valence-corrected chi connectivity index (χ4v) is 3.66. The van der Waals surface area contributed by atoms with Crippen LogP contribution in [0.2, 0.25) is 0 Å². The Labute approximate surface area is 180 Å². The molecule has 1 aromatic carbocycles. The summed E-state index contributed by atoms with van der Waals surface area (Å²) >= 11 is 0. The van der Waals surface area contributed by atoms with E-state index in [1.165, 1.54) is 37.5 Å². The Balaban J connectivity index is 1.88. The molecular weight excluding hydrogens is 410 g/mol. The lowest BCUT2D eigenvalue weighted by molar-refractivity contribution is -0.185. The second kappa shape index (κ2) is 11.7. The molecule has 2 rings (SSSR count). The van der Waals surface area contributed by atoms with Crippen LogP contribution in [0.4, 0.5) is 8.78 Å². The fourth-order valence-electron chi connectivity index (χ4n) is 3.66. The zero-order valence-corrected chi connectivity index (χ0v) is 17.5. The number of benzene rings is 1. The third-order valence-corrected chi connectivity index (χ3v) is 5.35. The third-order valence-electron chi connectivity index (χ3n) is 5.35. The van der Waals surface area contributed by atoms with E-state index in [0.29, 0.717) is 31.8 Å². The highest BCUT2D eigenvalue weighted by Gasteiger charge is 2.42. The molecule has 0 saturated heterocycles. The normalized spacial score (nSPS) is 21.4. The van der Waals surface area contributed by atoms with Crippen LogP contribution in [-0.4, -0.2) is 42.0 Å². The second-order valence-corrected chi connectivity index (χ2v) is 7.61. The van der Waals surface area contributed by atoms with Gasteiger partial charge in [0, 0.05) is 24.7 Å². The lowest BCUT2D eigenvalue weighted by atomic mass is 9.88. The number of rotatable bonds is 12. The minimum Gasteiger partial charge on any atom is -0.469 e. The zero-order valence-electron chi connectivity index (χ0n) is 17.5. The topological polar surface area (TPSA) is 89.9 Å². The summed E-state index contributed by atoms with van der Waals surface area (Å²) in [5, 5.41) is 10.2. The minimum absolute atomic E-state index is 0.0624. The number of esters is 1. The molecule has 1 aliphatic rings. The summed E-state index contributed by atoms with van der Waals surface area (Å²) in [6.07, 6.45) is 0.533. The number of aliphatic hydroxyl groups is 1. The van der Waals surface area contributed by atoms with Crippen LogP contribution in [0.5, 0.6) is 5.75 Å². The number of hydrogen-bond donors (Lipinski definition) is 1. The van der Waals surface area contributed by atoms with Gasteiger partial charge in [0.15, 0.2) is 0 Å². The first-order chi connectivity index (χ1) is 14.7. The van der Waals surface area contributed by atoms with Crippen LogP contribution in [0, 0.1) is 11.8 Å². The van der Waals surface area contributed by atoms with E-state index in [0.717, 1.165) is 12.8 Å². The Hall–Kier alpha value is -2.61.